The fourth-order valence-corrected chi connectivity index (χ4v) is 6.60. The maximum Gasteiger partial charge on any atom is 0.0975 e. The maximum absolute atomic E-state index is 6.32. The minimum atomic E-state index is 0.257. The molecule has 0 saturated carbocycles. The Morgan fingerprint density at radius 3 is 1.02 bits per heavy atom. The molecular weight excluding hydrogens is 587 g/mol. The summed E-state index contributed by atoms with van der Waals surface area (Å²) in [5.41, 5.74) is 0. The summed E-state index contributed by atoms with van der Waals surface area (Å²) in [7, 11) is 2.20. The lowest BCUT2D eigenvalue weighted by atomic mass is 10.1. The largest absolute Gasteiger partial charge is 0.374 e. The Balaban J connectivity index is 1.87. The van der Waals surface area contributed by atoms with Gasteiger partial charge < -0.3 is 14.4 Å². The van der Waals surface area contributed by atoms with Crippen molar-refractivity contribution in [3.8, 4) is 0 Å². The van der Waals surface area contributed by atoms with Crippen molar-refractivity contribution in [2.24, 2.45) is 0 Å². The molecule has 48 heavy (non-hydrogen) atoms. The van der Waals surface area contributed by atoms with Gasteiger partial charge in [0.1, 0.15) is 0 Å². The second-order valence-corrected chi connectivity index (χ2v) is 14.6. The van der Waals surface area contributed by atoms with Gasteiger partial charge in [-0.1, -0.05) is 165 Å². The third kappa shape index (κ3) is 30.9. The first kappa shape index (κ1) is 44.9. The van der Waals surface area contributed by atoms with Gasteiger partial charge in [-0.3, -0.25) is 0 Å². The van der Waals surface area contributed by atoms with Crippen LogP contribution < -0.4 is 0 Å². The van der Waals surface area contributed by atoms with E-state index in [4.69, 9.17) is 9.47 Å². The van der Waals surface area contributed by atoms with Crippen LogP contribution in [0.5, 0.6) is 0 Å². The predicted molar refractivity (Wildman–Crippen MR) is 214 cm³/mol. The average Bonchev–Trinajstić information content (AvgIpc) is 3.45. The van der Waals surface area contributed by atoms with Gasteiger partial charge in [-0.15, -0.1) is 0 Å². The first-order valence-electron chi connectivity index (χ1n) is 21.3. The van der Waals surface area contributed by atoms with Crippen LogP contribution >= 0.6 is 0 Å². The van der Waals surface area contributed by atoms with Crippen LogP contribution in [0.3, 0.4) is 0 Å². The zero-order chi connectivity index (χ0) is 34.4. The lowest BCUT2D eigenvalue weighted by Crippen LogP contribution is -2.30. The minimum absolute atomic E-state index is 0.257. The van der Waals surface area contributed by atoms with Crippen LogP contribution in [0, 0.1) is 0 Å². The normalized spacial score (nSPS) is 17.5. The number of ether oxygens (including phenoxy) is 2. The summed E-state index contributed by atoms with van der Waals surface area (Å²) in [6.07, 6.45) is 56.1. The van der Waals surface area contributed by atoms with Gasteiger partial charge in [0.05, 0.1) is 12.2 Å². The molecule has 3 nitrogen and oxygen atoms in total. The van der Waals surface area contributed by atoms with Crippen molar-refractivity contribution in [2.75, 3.05) is 33.4 Å². The number of hydrogen-bond acceptors (Lipinski definition) is 3. The summed E-state index contributed by atoms with van der Waals surface area (Å²) < 4.78 is 12.6. The molecule has 0 N–H and O–H groups in total. The van der Waals surface area contributed by atoms with Crippen LogP contribution in [0.2, 0.25) is 0 Å². The van der Waals surface area contributed by atoms with E-state index in [1.165, 1.54) is 167 Å². The predicted octanol–water partition coefficient (Wildman–Crippen LogP) is 13.9. The van der Waals surface area contributed by atoms with Crippen LogP contribution in [0.4, 0.5) is 0 Å². The van der Waals surface area contributed by atoms with Crippen molar-refractivity contribution in [3.63, 3.8) is 0 Å². The molecule has 0 aliphatic carbocycles. The van der Waals surface area contributed by atoms with Gasteiger partial charge in [0.25, 0.3) is 0 Å². The summed E-state index contributed by atoms with van der Waals surface area (Å²) in [5.74, 6) is 0. The fourth-order valence-electron chi connectivity index (χ4n) is 6.60. The van der Waals surface area contributed by atoms with Crippen LogP contribution in [-0.2, 0) is 9.47 Å². The van der Waals surface area contributed by atoms with Crippen molar-refractivity contribution < 1.29 is 9.47 Å². The first-order chi connectivity index (χ1) is 23.8. The molecular formula is C45H83NO2. The number of unbranched alkanes of at least 4 members (excludes halogenated alkanes) is 22. The molecule has 0 bridgehead atoms. The number of nitrogens with zero attached hydrogens (tertiary/aromatic N) is 1. The Hall–Kier alpha value is -1.16. The van der Waals surface area contributed by atoms with Crippen LogP contribution in [-0.4, -0.2) is 50.5 Å². The van der Waals surface area contributed by atoms with Crippen LogP contribution in [0.25, 0.3) is 0 Å². The highest BCUT2D eigenvalue weighted by Crippen LogP contribution is 2.18. The molecule has 0 aromatic rings. The molecule has 0 amide bonds. The van der Waals surface area contributed by atoms with E-state index in [1.54, 1.807) is 0 Å². The SMILES string of the molecule is CCCCCC=CCC=CCCCCCCCCCCO[C@@H]1CN(C)C[C@H]1OCCCCCCCCCCC=CCC=CCCCCC. The second-order valence-electron chi connectivity index (χ2n) is 14.6. The third-order valence-corrected chi connectivity index (χ3v) is 9.75. The lowest BCUT2D eigenvalue weighted by molar-refractivity contribution is -0.0481. The molecule has 0 unspecified atom stereocenters. The number of rotatable bonds is 36. The molecule has 2 atom stereocenters. The molecule has 1 aliphatic heterocycles. The van der Waals surface area contributed by atoms with Crippen molar-refractivity contribution in [1.29, 1.82) is 0 Å². The van der Waals surface area contributed by atoms with Gasteiger partial charge in [0.15, 0.2) is 0 Å². The van der Waals surface area contributed by atoms with Gasteiger partial charge in [0.2, 0.25) is 0 Å². The van der Waals surface area contributed by atoms with Gasteiger partial charge >= 0.3 is 0 Å². The van der Waals surface area contributed by atoms with E-state index in [0.29, 0.717) is 0 Å². The molecule has 0 aromatic heterocycles. The highest BCUT2D eigenvalue weighted by atomic mass is 16.5. The van der Waals surface area contributed by atoms with Crippen molar-refractivity contribution in [3.05, 3.63) is 48.6 Å². The number of likely N-dealkylation sites (tertiary alicyclic amines) is 1. The fraction of sp³-hybridized carbons (Fsp3) is 0.822. The number of likely N-dealkylation sites (N-methyl/N-ethyl adjacent to an activating group) is 1. The van der Waals surface area contributed by atoms with E-state index < -0.39 is 0 Å². The summed E-state index contributed by atoms with van der Waals surface area (Å²) >= 11 is 0. The first-order valence-corrected chi connectivity index (χ1v) is 21.3. The monoisotopic (exact) mass is 670 g/mol. The molecule has 280 valence electrons. The third-order valence-electron chi connectivity index (χ3n) is 9.75. The van der Waals surface area contributed by atoms with E-state index in [9.17, 15) is 0 Å². The maximum atomic E-state index is 6.32. The molecule has 0 aromatic carbocycles. The van der Waals surface area contributed by atoms with E-state index in [-0.39, 0.29) is 12.2 Å². The smallest absolute Gasteiger partial charge is 0.0975 e. The van der Waals surface area contributed by atoms with Gasteiger partial charge in [-0.2, -0.15) is 0 Å². The Morgan fingerprint density at radius 1 is 0.396 bits per heavy atom. The van der Waals surface area contributed by atoms with Crippen LogP contribution in [0.1, 0.15) is 194 Å². The second kappa shape index (κ2) is 37.1. The van der Waals surface area contributed by atoms with Crippen molar-refractivity contribution >= 4 is 0 Å². The Bertz CT molecular complexity index is 694. The molecule has 3 heteroatoms. The zero-order valence-corrected chi connectivity index (χ0v) is 32.7. The van der Waals surface area contributed by atoms with E-state index >= 15 is 0 Å². The molecule has 1 saturated heterocycles. The Labute approximate surface area is 301 Å². The van der Waals surface area contributed by atoms with Crippen LogP contribution in [0.15, 0.2) is 48.6 Å². The molecule has 1 rings (SSSR count). The number of allylic oxidation sites excluding steroid dienone is 8. The van der Waals surface area contributed by atoms with E-state index in [1.807, 2.05) is 0 Å². The standard InChI is InChI=1S/C45H83NO2/c1-4-6-8-10-12-14-16-18-20-22-24-26-28-30-32-34-36-38-40-47-44-42-46(3)43-45(44)48-41-39-37-35-33-31-29-27-25-23-21-19-17-15-13-11-9-7-5-2/h12-15,18-21,44-45H,4-11,16-17,22-43H2,1-3H3/t44-,45-/m1/s1. The minimum Gasteiger partial charge on any atom is -0.374 e. The topological polar surface area (TPSA) is 21.7 Å². The van der Waals surface area contributed by atoms with E-state index in [0.717, 1.165) is 39.1 Å². The highest BCUT2D eigenvalue weighted by molar-refractivity contribution is 4.93. The highest BCUT2D eigenvalue weighted by Gasteiger charge is 2.32. The lowest BCUT2D eigenvalue weighted by Gasteiger charge is -2.20. The Kier molecular flexibility index (Phi) is 34.7. The molecule has 1 aliphatic rings. The summed E-state index contributed by atoms with van der Waals surface area (Å²) in [6, 6.07) is 0. The average molecular weight is 670 g/mol. The summed E-state index contributed by atoms with van der Waals surface area (Å²) in [6.45, 7) is 8.36. The van der Waals surface area contributed by atoms with Gasteiger partial charge in [-0.25, -0.2) is 0 Å². The molecule has 1 heterocycles. The van der Waals surface area contributed by atoms with Crippen molar-refractivity contribution in [2.45, 2.75) is 206 Å². The van der Waals surface area contributed by atoms with Gasteiger partial charge in [0, 0.05) is 26.3 Å². The summed E-state index contributed by atoms with van der Waals surface area (Å²) in [5, 5.41) is 0. The molecule has 1 fully saturated rings. The number of hydrogen-bond donors (Lipinski definition) is 0. The van der Waals surface area contributed by atoms with Gasteiger partial charge in [-0.05, 0) is 84.1 Å². The van der Waals surface area contributed by atoms with E-state index in [2.05, 4.69) is 74.4 Å². The quantitative estimate of drug-likeness (QED) is 0.0489. The summed E-state index contributed by atoms with van der Waals surface area (Å²) in [4.78, 5) is 2.38. The van der Waals surface area contributed by atoms with Crippen molar-refractivity contribution in [1.82, 2.24) is 4.90 Å². The Morgan fingerprint density at radius 2 is 0.688 bits per heavy atom. The zero-order valence-electron chi connectivity index (χ0n) is 32.7. The molecule has 0 radical (unpaired) electrons. The molecule has 0 spiro atoms.